The fourth-order valence-corrected chi connectivity index (χ4v) is 3.08. The zero-order valence-electron chi connectivity index (χ0n) is 11.8. The average Bonchev–Trinajstić information content (AvgIpc) is 2.76. The van der Waals surface area contributed by atoms with Crippen LogP contribution in [0.2, 0.25) is 0 Å². The summed E-state index contributed by atoms with van der Waals surface area (Å²) in [6.07, 6.45) is -0.396. The zero-order valence-corrected chi connectivity index (χ0v) is 11.8. The van der Waals surface area contributed by atoms with Crippen molar-refractivity contribution < 1.29 is 24.1 Å². The van der Waals surface area contributed by atoms with Crippen molar-refractivity contribution in [2.75, 3.05) is 7.11 Å². The number of aliphatic hydroxyl groups excluding tert-OH is 1. The van der Waals surface area contributed by atoms with Crippen LogP contribution in [0.4, 0.5) is 0 Å². The van der Waals surface area contributed by atoms with Gasteiger partial charge in [0.1, 0.15) is 17.8 Å². The molecule has 0 bridgehead atoms. The molecule has 0 radical (unpaired) electrons. The van der Waals surface area contributed by atoms with Gasteiger partial charge in [-0.2, -0.15) is 0 Å². The first kappa shape index (κ1) is 14.2. The van der Waals surface area contributed by atoms with E-state index in [1.165, 1.54) is 0 Å². The quantitative estimate of drug-likeness (QED) is 0.828. The molecule has 2 saturated heterocycles. The summed E-state index contributed by atoms with van der Waals surface area (Å²) in [5, 5.41) is 10.3. The first-order valence-electron chi connectivity index (χ1n) is 6.64. The van der Waals surface area contributed by atoms with Gasteiger partial charge in [0.05, 0.1) is 6.10 Å². The molecule has 0 aromatic carbocycles. The van der Waals surface area contributed by atoms with Gasteiger partial charge in [0.25, 0.3) is 0 Å². The molecule has 0 saturated carbocycles. The summed E-state index contributed by atoms with van der Waals surface area (Å²) in [4.78, 5) is 0. The molecular formula is C13H24O5. The van der Waals surface area contributed by atoms with Crippen LogP contribution in [0.15, 0.2) is 0 Å². The Balaban J connectivity index is 2.26. The lowest BCUT2D eigenvalue weighted by Gasteiger charge is -2.38. The van der Waals surface area contributed by atoms with E-state index in [4.69, 9.17) is 18.9 Å². The molecule has 106 valence electrons. The van der Waals surface area contributed by atoms with Crippen LogP contribution in [0.5, 0.6) is 0 Å². The molecule has 2 rings (SSSR count). The van der Waals surface area contributed by atoms with Gasteiger partial charge in [0.15, 0.2) is 12.1 Å². The monoisotopic (exact) mass is 260 g/mol. The number of ether oxygens (including phenoxy) is 4. The van der Waals surface area contributed by atoms with Crippen LogP contribution >= 0.6 is 0 Å². The lowest BCUT2D eigenvalue weighted by molar-refractivity contribution is -0.261. The van der Waals surface area contributed by atoms with Crippen molar-refractivity contribution >= 4 is 0 Å². The van der Waals surface area contributed by atoms with Crippen molar-refractivity contribution in [2.24, 2.45) is 0 Å². The second kappa shape index (κ2) is 4.72. The molecule has 5 nitrogen and oxygen atoms in total. The van der Waals surface area contributed by atoms with Gasteiger partial charge in [-0.15, -0.1) is 0 Å². The van der Waals surface area contributed by atoms with Gasteiger partial charge in [-0.1, -0.05) is 13.8 Å². The van der Waals surface area contributed by atoms with Gasteiger partial charge in [-0.25, -0.2) is 0 Å². The Kier molecular flexibility index (Phi) is 3.73. The van der Waals surface area contributed by atoms with Crippen molar-refractivity contribution in [3.63, 3.8) is 0 Å². The van der Waals surface area contributed by atoms with E-state index >= 15 is 0 Å². The number of rotatable bonds is 4. The molecule has 0 aliphatic carbocycles. The number of fused-ring (bicyclic) bond motifs is 1. The van der Waals surface area contributed by atoms with E-state index in [9.17, 15) is 5.11 Å². The molecule has 0 spiro atoms. The van der Waals surface area contributed by atoms with Crippen LogP contribution in [-0.4, -0.2) is 48.2 Å². The maximum Gasteiger partial charge on any atom is 0.190 e. The highest BCUT2D eigenvalue weighted by Gasteiger charge is 2.63. The van der Waals surface area contributed by atoms with Crippen LogP contribution in [0, 0.1) is 0 Å². The molecule has 2 fully saturated rings. The van der Waals surface area contributed by atoms with Crippen molar-refractivity contribution in [1.29, 1.82) is 0 Å². The number of hydrogen-bond acceptors (Lipinski definition) is 5. The second-order valence-electron chi connectivity index (χ2n) is 5.48. The molecule has 5 heteroatoms. The molecule has 1 unspecified atom stereocenters. The smallest absolute Gasteiger partial charge is 0.190 e. The summed E-state index contributed by atoms with van der Waals surface area (Å²) in [5.41, 5.74) is -0.741. The van der Waals surface area contributed by atoms with E-state index in [2.05, 4.69) is 0 Å². The molecule has 0 aromatic heterocycles. The maximum atomic E-state index is 10.3. The van der Waals surface area contributed by atoms with Crippen molar-refractivity contribution in [3.05, 3.63) is 0 Å². The Hall–Kier alpha value is -0.200. The molecule has 2 aliphatic rings. The zero-order chi connectivity index (χ0) is 13.6. The fraction of sp³-hybridized carbons (Fsp3) is 1.00. The van der Waals surface area contributed by atoms with Crippen LogP contribution in [-0.2, 0) is 18.9 Å². The van der Waals surface area contributed by atoms with Crippen LogP contribution in [0.25, 0.3) is 0 Å². The van der Waals surface area contributed by atoms with Gasteiger partial charge in [0.2, 0.25) is 0 Å². The standard InChI is InChI=1S/C13H24O5/c1-6-8(14)13(7-2)10(15-5)9-11(18-13)17-12(3,4)16-9/h8-11,14H,6-7H2,1-5H3/t8?,9-,10+,11+,13+/m1/s1. The Labute approximate surface area is 108 Å². The minimum absolute atomic E-state index is 0.286. The van der Waals surface area contributed by atoms with Crippen molar-refractivity contribution in [2.45, 2.75) is 76.5 Å². The Bertz CT molecular complexity index is 306. The van der Waals surface area contributed by atoms with Crippen LogP contribution in [0.3, 0.4) is 0 Å². The van der Waals surface area contributed by atoms with Crippen LogP contribution < -0.4 is 0 Å². The fourth-order valence-electron chi connectivity index (χ4n) is 3.08. The van der Waals surface area contributed by atoms with E-state index < -0.39 is 23.8 Å². The molecule has 0 aromatic rings. The van der Waals surface area contributed by atoms with E-state index in [0.29, 0.717) is 12.8 Å². The largest absolute Gasteiger partial charge is 0.390 e. The number of methoxy groups -OCH3 is 1. The first-order chi connectivity index (χ1) is 8.40. The normalized spacial score (nSPS) is 44.0. The van der Waals surface area contributed by atoms with E-state index in [-0.39, 0.29) is 12.2 Å². The Morgan fingerprint density at radius 3 is 2.39 bits per heavy atom. The highest BCUT2D eigenvalue weighted by atomic mass is 16.8. The van der Waals surface area contributed by atoms with Gasteiger partial charge >= 0.3 is 0 Å². The van der Waals surface area contributed by atoms with E-state index in [0.717, 1.165) is 0 Å². The molecule has 1 N–H and O–H groups in total. The van der Waals surface area contributed by atoms with Gasteiger partial charge in [-0.3, -0.25) is 0 Å². The lowest BCUT2D eigenvalue weighted by Crippen LogP contribution is -2.53. The molecule has 2 aliphatic heterocycles. The summed E-state index contributed by atoms with van der Waals surface area (Å²) in [5.74, 6) is -0.664. The molecule has 0 amide bonds. The summed E-state index contributed by atoms with van der Waals surface area (Å²) in [6.45, 7) is 7.62. The van der Waals surface area contributed by atoms with Crippen molar-refractivity contribution in [3.8, 4) is 0 Å². The minimum atomic E-state index is -0.741. The summed E-state index contributed by atoms with van der Waals surface area (Å²) in [7, 11) is 1.62. The SMILES string of the molecule is CCC(O)[C@]1(CC)O[C@@H]2OC(C)(C)O[C@@H]2[C@@H]1OC. The lowest BCUT2D eigenvalue weighted by atomic mass is 9.85. The summed E-state index contributed by atoms with van der Waals surface area (Å²) >= 11 is 0. The minimum Gasteiger partial charge on any atom is -0.390 e. The molecular weight excluding hydrogens is 236 g/mol. The highest BCUT2D eigenvalue weighted by Crippen LogP contribution is 2.46. The molecule has 2 heterocycles. The highest BCUT2D eigenvalue weighted by molar-refractivity contribution is 5.06. The van der Waals surface area contributed by atoms with Gasteiger partial charge in [0, 0.05) is 7.11 Å². The van der Waals surface area contributed by atoms with Gasteiger partial charge in [-0.05, 0) is 26.7 Å². The number of aliphatic hydroxyl groups is 1. The first-order valence-corrected chi connectivity index (χ1v) is 6.64. The van der Waals surface area contributed by atoms with E-state index in [1.54, 1.807) is 7.11 Å². The van der Waals surface area contributed by atoms with Crippen molar-refractivity contribution in [1.82, 2.24) is 0 Å². The third-order valence-electron chi connectivity index (χ3n) is 3.96. The molecule has 5 atom stereocenters. The number of hydrogen-bond donors (Lipinski definition) is 1. The van der Waals surface area contributed by atoms with Crippen LogP contribution in [0.1, 0.15) is 40.5 Å². The Morgan fingerprint density at radius 1 is 1.22 bits per heavy atom. The third kappa shape index (κ3) is 1.98. The Morgan fingerprint density at radius 2 is 1.89 bits per heavy atom. The van der Waals surface area contributed by atoms with Gasteiger partial charge < -0.3 is 24.1 Å². The predicted molar refractivity (Wildman–Crippen MR) is 65.0 cm³/mol. The molecule has 18 heavy (non-hydrogen) atoms. The third-order valence-corrected chi connectivity index (χ3v) is 3.96. The van der Waals surface area contributed by atoms with E-state index in [1.807, 2.05) is 27.7 Å². The second-order valence-corrected chi connectivity index (χ2v) is 5.48. The predicted octanol–water partition coefficient (Wildman–Crippen LogP) is 1.43. The topological polar surface area (TPSA) is 57.2 Å². The maximum absolute atomic E-state index is 10.3. The average molecular weight is 260 g/mol. The summed E-state index contributed by atoms with van der Waals surface area (Å²) in [6, 6.07) is 0. The summed E-state index contributed by atoms with van der Waals surface area (Å²) < 4.78 is 23.1.